The Hall–Kier alpha value is -2.41. The molecule has 0 atom stereocenters. The van der Waals surface area contributed by atoms with Gasteiger partial charge in [0, 0.05) is 35.9 Å². The highest BCUT2D eigenvalue weighted by molar-refractivity contribution is 7.98. The second-order valence-electron chi connectivity index (χ2n) is 6.85. The molecule has 0 saturated heterocycles. The number of pyridine rings is 1. The minimum absolute atomic E-state index is 0.0536. The largest absolute Gasteiger partial charge is 0.382 e. The van der Waals surface area contributed by atoms with Crippen LogP contribution in [-0.4, -0.2) is 27.7 Å². The van der Waals surface area contributed by atoms with E-state index in [0.717, 1.165) is 23.0 Å². The van der Waals surface area contributed by atoms with Crippen LogP contribution in [0, 0.1) is 0 Å². The van der Waals surface area contributed by atoms with E-state index in [1.807, 2.05) is 37.3 Å². The Balaban J connectivity index is 1.64. The molecule has 7 heteroatoms. The zero-order chi connectivity index (χ0) is 20.9. The van der Waals surface area contributed by atoms with Gasteiger partial charge in [-0.2, -0.15) is 0 Å². The van der Waals surface area contributed by atoms with E-state index in [-0.39, 0.29) is 5.56 Å². The summed E-state index contributed by atoms with van der Waals surface area (Å²) < 4.78 is 7.18. The summed E-state index contributed by atoms with van der Waals surface area (Å²) in [5.74, 6) is 0.620. The number of thioether (sulfide) groups is 1. The van der Waals surface area contributed by atoms with Crippen molar-refractivity contribution in [3.8, 4) is 0 Å². The van der Waals surface area contributed by atoms with Crippen molar-refractivity contribution >= 4 is 45.2 Å². The van der Waals surface area contributed by atoms with E-state index in [2.05, 4.69) is 6.07 Å². The Kier molecular flexibility index (Phi) is 6.67. The zero-order valence-corrected chi connectivity index (χ0v) is 18.2. The molecular weight excluding hydrogens is 418 g/mol. The molecular formula is C23H22ClN3O2S. The lowest BCUT2D eigenvalue weighted by Gasteiger charge is -2.13. The van der Waals surface area contributed by atoms with Gasteiger partial charge >= 0.3 is 0 Å². The monoisotopic (exact) mass is 439 g/mol. The summed E-state index contributed by atoms with van der Waals surface area (Å²) in [5.41, 5.74) is 2.47. The van der Waals surface area contributed by atoms with Gasteiger partial charge in [0.1, 0.15) is 0 Å². The number of halogens is 1. The van der Waals surface area contributed by atoms with Gasteiger partial charge in [0.2, 0.25) is 0 Å². The van der Waals surface area contributed by atoms with Gasteiger partial charge in [-0.15, -0.1) is 0 Å². The maximum atomic E-state index is 13.1. The molecule has 0 aliphatic rings. The van der Waals surface area contributed by atoms with Crippen LogP contribution in [0.3, 0.4) is 0 Å². The van der Waals surface area contributed by atoms with Crippen molar-refractivity contribution in [1.82, 2.24) is 14.5 Å². The molecule has 4 aromatic rings. The molecule has 2 aromatic carbocycles. The average Bonchev–Trinajstić information content (AvgIpc) is 2.76. The molecule has 154 valence electrons. The molecule has 0 radical (unpaired) electrons. The average molecular weight is 440 g/mol. The van der Waals surface area contributed by atoms with Crippen molar-refractivity contribution in [2.24, 2.45) is 0 Å². The smallest absolute Gasteiger partial charge is 0.262 e. The third-order valence-corrected chi connectivity index (χ3v) is 6.01. The lowest BCUT2D eigenvalue weighted by atomic mass is 10.2. The van der Waals surface area contributed by atoms with Crippen molar-refractivity contribution in [3.05, 3.63) is 75.7 Å². The summed E-state index contributed by atoms with van der Waals surface area (Å²) in [4.78, 5) is 22.6. The molecule has 0 bridgehead atoms. The zero-order valence-electron chi connectivity index (χ0n) is 16.7. The first-order valence-electron chi connectivity index (χ1n) is 9.91. The van der Waals surface area contributed by atoms with Crippen molar-refractivity contribution < 1.29 is 4.74 Å². The minimum Gasteiger partial charge on any atom is -0.382 e. The summed E-state index contributed by atoms with van der Waals surface area (Å²) in [7, 11) is 0. The maximum Gasteiger partial charge on any atom is 0.262 e. The molecule has 30 heavy (non-hydrogen) atoms. The van der Waals surface area contributed by atoms with E-state index in [4.69, 9.17) is 26.3 Å². The number of rotatable bonds is 8. The predicted molar refractivity (Wildman–Crippen MR) is 123 cm³/mol. The van der Waals surface area contributed by atoms with E-state index < -0.39 is 0 Å². The highest BCUT2D eigenvalue weighted by Gasteiger charge is 2.13. The molecule has 5 nitrogen and oxygen atoms in total. The first-order chi connectivity index (χ1) is 14.7. The molecule has 2 heterocycles. The number of aromatic nitrogens is 3. The Morgan fingerprint density at radius 3 is 2.80 bits per heavy atom. The molecule has 2 aromatic heterocycles. The van der Waals surface area contributed by atoms with Gasteiger partial charge in [-0.3, -0.25) is 14.3 Å². The first-order valence-corrected chi connectivity index (χ1v) is 11.3. The van der Waals surface area contributed by atoms with Crippen molar-refractivity contribution in [3.63, 3.8) is 0 Å². The molecule has 0 saturated carbocycles. The molecule has 0 aliphatic heterocycles. The fourth-order valence-electron chi connectivity index (χ4n) is 3.28. The van der Waals surface area contributed by atoms with Gasteiger partial charge < -0.3 is 4.74 Å². The SMILES string of the molecule is CCOCCCn1c(SCc2ccc3ccccc3n2)nc2cc(Cl)ccc2c1=O. The van der Waals surface area contributed by atoms with Gasteiger partial charge in [-0.1, -0.05) is 47.6 Å². The van der Waals surface area contributed by atoms with Crippen LogP contribution in [0.15, 0.2) is 64.5 Å². The van der Waals surface area contributed by atoms with Crippen LogP contribution in [0.5, 0.6) is 0 Å². The fourth-order valence-corrected chi connectivity index (χ4v) is 4.37. The molecule has 0 aliphatic carbocycles. The fraction of sp³-hybridized carbons (Fsp3) is 0.261. The molecule has 0 spiro atoms. The lowest BCUT2D eigenvalue weighted by Crippen LogP contribution is -2.24. The highest BCUT2D eigenvalue weighted by Crippen LogP contribution is 2.24. The number of fused-ring (bicyclic) bond motifs is 2. The van der Waals surface area contributed by atoms with E-state index in [9.17, 15) is 4.79 Å². The molecule has 0 amide bonds. The van der Waals surface area contributed by atoms with Crippen LogP contribution in [0.1, 0.15) is 19.0 Å². The third kappa shape index (κ3) is 4.67. The maximum absolute atomic E-state index is 13.1. The Morgan fingerprint density at radius 2 is 1.93 bits per heavy atom. The van der Waals surface area contributed by atoms with Crippen LogP contribution in [0.25, 0.3) is 21.8 Å². The van der Waals surface area contributed by atoms with Crippen molar-refractivity contribution in [2.75, 3.05) is 13.2 Å². The van der Waals surface area contributed by atoms with Crippen LogP contribution >= 0.6 is 23.4 Å². The van der Waals surface area contributed by atoms with Gasteiger partial charge in [-0.25, -0.2) is 4.98 Å². The molecule has 4 rings (SSSR count). The van der Waals surface area contributed by atoms with Crippen LogP contribution in [0.4, 0.5) is 0 Å². The standard InChI is InChI=1S/C23H22ClN3O2S/c1-2-29-13-5-12-27-22(28)19-11-9-17(24)14-21(19)26-23(27)30-15-18-10-8-16-6-3-4-7-20(16)25-18/h3-4,6-11,14H,2,5,12-13,15H2,1H3. The summed E-state index contributed by atoms with van der Waals surface area (Å²) >= 11 is 7.64. The Labute approximate surface area is 184 Å². The lowest BCUT2D eigenvalue weighted by molar-refractivity contribution is 0.140. The first kappa shape index (κ1) is 20.8. The number of para-hydroxylation sites is 1. The topological polar surface area (TPSA) is 57.0 Å². The van der Waals surface area contributed by atoms with E-state index in [0.29, 0.717) is 46.6 Å². The summed E-state index contributed by atoms with van der Waals surface area (Å²) in [6.45, 7) is 3.79. The number of ether oxygens (including phenoxy) is 1. The van der Waals surface area contributed by atoms with E-state index in [1.165, 1.54) is 11.8 Å². The number of nitrogens with zero attached hydrogens (tertiary/aromatic N) is 3. The van der Waals surface area contributed by atoms with Gasteiger partial charge in [-0.05, 0) is 43.7 Å². The Morgan fingerprint density at radius 1 is 1.07 bits per heavy atom. The van der Waals surface area contributed by atoms with Crippen LogP contribution < -0.4 is 5.56 Å². The molecule has 0 N–H and O–H groups in total. The molecule has 0 fully saturated rings. The van der Waals surface area contributed by atoms with Crippen LogP contribution in [-0.2, 0) is 17.0 Å². The van der Waals surface area contributed by atoms with Crippen molar-refractivity contribution in [1.29, 1.82) is 0 Å². The summed E-state index contributed by atoms with van der Waals surface area (Å²) in [6, 6.07) is 17.3. The predicted octanol–water partition coefficient (Wildman–Crippen LogP) is 5.32. The minimum atomic E-state index is -0.0536. The summed E-state index contributed by atoms with van der Waals surface area (Å²) in [6.07, 6.45) is 0.746. The number of hydrogen-bond acceptors (Lipinski definition) is 5. The number of hydrogen-bond donors (Lipinski definition) is 0. The van der Waals surface area contributed by atoms with Gasteiger partial charge in [0.25, 0.3) is 5.56 Å². The van der Waals surface area contributed by atoms with Crippen LogP contribution in [0.2, 0.25) is 5.02 Å². The number of benzene rings is 2. The third-order valence-electron chi connectivity index (χ3n) is 4.76. The second kappa shape index (κ2) is 9.60. The normalized spacial score (nSPS) is 11.4. The van der Waals surface area contributed by atoms with E-state index in [1.54, 1.807) is 22.8 Å². The van der Waals surface area contributed by atoms with Gasteiger partial charge in [0.05, 0.1) is 22.1 Å². The second-order valence-corrected chi connectivity index (χ2v) is 8.23. The van der Waals surface area contributed by atoms with E-state index >= 15 is 0 Å². The van der Waals surface area contributed by atoms with Crippen molar-refractivity contribution in [2.45, 2.75) is 30.8 Å². The quantitative estimate of drug-likeness (QED) is 0.211. The summed E-state index contributed by atoms with van der Waals surface area (Å²) in [5, 5.41) is 2.92. The molecule has 0 unspecified atom stereocenters. The van der Waals surface area contributed by atoms with Gasteiger partial charge in [0.15, 0.2) is 5.16 Å². The Bertz CT molecular complexity index is 1240. The highest BCUT2D eigenvalue weighted by atomic mass is 35.5.